The summed E-state index contributed by atoms with van der Waals surface area (Å²) >= 11 is 0. The summed E-state index contributed by atoms with van der Waals surface area (Å²) in [7, 11) is 0. The first-order chi connectivity index (χ1) is 11.7. The Morgan fingerprint density at radius 1 is 1.21 bits per heavy atom. The van der Waals surface area contributed by atoms with Gasteiger partial charge in [-0.25, -0.2) is 0 Å². The summed E-state index contributed by atoms with van der Waals surface area (Å²) in [5.74, 6) is 2.87. The molecule has 3 aliphatic rings. The molecule has 4 heterocycles. The van der Waals surface area contributed by atoms with E-state index in [9.17, 15) is 4.79 Å². The molecule has 0 unspecified atom stereocenters. The molecule has 5 heteroatoms. The predicted molar refractivity (Wildman–Crippen MR) is 90.5 cm³/mol. The lowest BCUT2D eigenvalue weighted by Crippen LogP contribution is -2.52. The number of nitrogens with zero attached hydrogens (tertiary/aromatic N) is 2. The summed E-state index contributed by atoms with van der Waals surface area (Å²) in [6.45, 7) is 7.30. The molecule has 24 heavy (non-hydrogen) atoms. The number of piperidine rings is 1. The molecule has 132 valence electrons. The number of carbonyl (C=O) groups excluding carboxylic acids is 1. The molecule has 0 bridgehead atoms. The van der Waals surface area contributed by atoms with Gasteiger partial charge in [0.05, 0.1) is 18.6 Å². The third-order valence-corrected chi connectivity index (χ3v) is 5.85. The number of ether oxygens (including phenoxy) is 1. The highest BCUT2D eigenvalue weighted by atomic mass is 16.5. The molecule has 0 radical (unpaired) electrons. The number of hydrogen-bond donors (Lipinski definition) is 0. The van der Waals surface area contributed by atoms with Crippen molar-refractivity contribution < 1.29 is 13.9 Å². The highest BCUT2D eigenvalue weighted by Crippen LogP contribution is 2.36. The van der Waals surface area contributed by atoms with Crippen LogP contribution in [0.2, 0.25) is 0 Å². The van der Waals surface area contributed by atoms with Crippen molar-refractivity contribution in [1.29, 1.82) is 0 Å². The van der Waals surface area contributed by atoms with Gasteiger partial charge < -0.3 is 14.1 Å². The van der Waals surface area contributed by atoms with Crippen LogP contribution in [-0.2, 0) is 22.5 Å². The Labute approximate surface area is 143 Å². The van der Waals surface area contributed by atoms with Crippen molar-refractivity contribution in [2.75, 3.05) is 32.8 Å². The Balaban J connectivity index is 1.47. The monoisotopic (exact) mass is 332 g/mol. The van der Waals surface area contributed by atoms with E-state index in [0.29, 0.717) is 11.8 Å². The van der Waals surface area contributed by atoms with Crippen LogP contribution in [0.1, 0.15) is 37.7 Å². The van der Waals surface area contributed by atoms with Crippen molar-refractivity contribution in [3.63, 3.8) is 0 Å². The number of likely N-dealkylation sites (tertiary alicyclic amines) is 2. The third-order valence-electron chi connectivity index (χ3n) is 5.85. The molecule has 0 N–H and O–H groups in total. The highest BCUT2D eigenvalue weighted by molar-refractivity contribution is 5.80. The molecule has 5 nitrogen and oxygen atoms in total. The molecule has 0 aliphatic carbocycles. The number of aryl methyl sites for hydroxylation is 1. The number of fused-ring (bicyclic) bond motifs is 1. The second-order valence-corrected chi connectivity index (χ2v) is 7.42. The fourth-order valence-electron chi connectivity index (χ4n) is 4.54. The summed E-state index contributed by atoms with van der Waals surface area (Å²) in [6.07, 6.45) is 4.46. The first-order valence-corrected chi connectivity index (χ1v) is 9.45. The molecule has 3 saturated heterocycles. The van der Waals surface area contributed by atoms with Crippen LogP contribution in [0.4, 0.5) is 0 Å². The molecule has 0 aromatic carbocycles. The third kappa shape index (κ3) is 3.11. The van der Waals surface area contributed by atoms with Crippen molar-refractivity contribution in [1.82, 2.24) is 9.80 Å². The Hall–Kier alpha value is -1.33. The summed E-state index contributed by atoms with van der Waals surface area (Å²) < 4.78 is 11.8. The van der Waals surface area contributed by atoms with Gasteiger partial charge in [0.15, 0.2) is 0 Å². The van der Waals surface area contributed by atoms with Gasteiger partial charge in [0.25, 0.3) is 0 Å². The number of amides is 1. The maximum absolute atomic E-state index is 13.0. The van der Waals surface area contributed by atoms with E-state index in [1.807, 2.05) is 0 Å². The maximum Gasteiger partial charge on any atom is 0.227 e. The molecule has 3 fully saturated rings. The number of carbonyl (C=O) groups is 1. The van der Waals surface area contributed by atoms with Gasteiger partial charge >= 0.3 is 0 Å². The summed E-state index contributed by atoms with van der Waals surface area (Å²) in [5, 5.41) is 0. The van der Waals surface area contributed by atoms with Gasteiger partial charge in [-0.15, -0.1) is 0 Å². The second kappa shape index (κ2) is 6.89. The fourth-order valence-corrected chi connectivity index (χ4v) is 4.54. The van der Waals surface area contributed by atoms with E-state index in [-0.39, 0.29) is 12.0 Å². The van der Waals surface area contributed by atoms with Gasteiger partial charge in [-0.1, -0.05) is 6.92 Å². The molecule has 1 aromatic rings. The maximum atomic E-state index is 13.0. The standard InChI is InChI=1S/C19H28N2O3/c1-2-14-5-6-15(24-14)11-20-12-17(16-7-10-23-18(16)13-20)19(22)21-8-3-4-9-21/h5-6,16-18H,2-4,7-13H2,1H3/t16-,17-,18+/m1/s1. The number of rotatable bonds is 4. The SMILES string of the molecule is CCc1ccc(CN2C[C@@H]3OCC[C@@H]3[C@H](C(=O)N3CCCC3)C2)o1. The van der Waals surface area contributed by atoms with E-state index in [0.717, 1.165) is 76.5 Å². The van der Waals surface area contributed by atoms with E-state index >= 15 is 0 Å². The van der Waals surface area contributed by atoms with E-state index in [1.54, 1.807) is 0 Å². The zero-order chi connectivity index (χ0) is 16.5. The van der Waals surface area contributed by atoms with Crippen LogP contribution in [-0.4, -0.2) is 54.6 Å². The molecular weight excluding hydrogens is 304 g/mol. The van der Waals surface area contributed by atoms with Crippen molar-refractivity contribution in [3.8, 4) is 0 Å². The van der Waals surface area contributed by atoms with Crippen LogP contribution in [0.3, 0.4) is 0 Å². The second-order valence-electron chi connectivity index (χ2n) is 7.42. The van der Waals surface area contributed by atoms with Crippen LogP contribution in [0.5, 0.6) is 0 Å². The van der Waals surface area contributed by atoms with Crippen LogP contribution in [0.25, 0.3) is 0 Å². The normalized spacial score (nSPS) is 30.7. The lowest BCUT2D eigenvalue weighted by atomic mass is 9.82. The first-order valence-electron chi connectivity index (χ1n) is 9.45. The zero-order valence-electron chi connectivity index (χ0n) is 14.6. The fraction of sp³-hybridized carbons (Fsp3) is 0.737. The highest BCUT2D eigenvalue weighted by Gasteiger charge is 2.45. The van der Waals surface area contributed by atoms with E-state index in [1.165, 1.54) is 0 Å². The van der Waals surface area contributed by atoms with Gasteiger partial charge in [-0.3, -0.25) is 9.69 Å². The Morgan fingerprint density at radius 3 is 2.75 bits per heavy atom. The van der Waals surface area contributed by atoms with Gasteiger partial charge in [0.1, 0.15) is 11.5 Å². The topological polar surface area (TPSA) is 45.9 Å². The minimum absolute atomic E-state index is 0.0879. The minimum Gasteiger partial charge on any atom is -0.465 e. The molecular formula is C19H28N2O3. The van der Waals surface area contributed by atoms with Crippen molar-refractivity contribution in [2.24, 2.45) is 11.8 Å². The van der Waals surface area contributed by atoms with Crippen LogP contribution in [0, 0.1) is 11.8 Å². The summed E-state index contributed by atoms with van der Waals surface area (Å²) in [5.41, 5.74) is 0. The quantitative estimate of drug-likeness (QED) is 0.849. The average molecular weight is 332 g/mol. The molecule has 3 aliphatic heterocycles. The van der Waals surface area contributed by atoms with E-state index in [4.69, 9.17) is 9.15 Å². The smallest absolute Gasteiger partial charge is 0.227 e. The van der Waals surface area contributed by atoms with Crippen LogP contribution in [0.15, 0.2) is 16.5 Å². The molecule has 4 rings (SSSR count). The number of hydrogen-bond acceptors (Lipinski definition) is 4. The Bertz CT molecular complexity index is 579. The lowest BCUT2D eigenvalue weighted by molar-refractivity contribution is -0.141. The predicted octanol–water partition coefficient (Wildman–Crippen LogP) is 2.30. The Morgan fingerprint density at radius 2 is 2.00 bits per heavy atom. The van der Waals surface area contributed by atoms with Crippen LogP contribution >= 0.6 is 0 Å². The molecule has 0 spiro atoms. The average Bonchev–Trinajstić information content (AvgIpc) is 3.34. The molecule has 3 atom stereocenters. The number of furan rings is 1. The van der Waals surface area contributed by atoms with Gasteiger partial charge in [0, 0.05) is 45.1 Å². The van der Waals surface area contributed by atoms with Crippen molar-refractivity contribution >= 4 is 5.91 Å². The summed E-state index contributed by atoms with van der Waals surface area (Å²) in [4.78, 5) is 17.4. The van der Waals surface area contributed by atoms with Gasteiger partial charge in [-0.05, 0) is 31.4 Å². The Kier molecular flexibility index (Phi) is 4.63. The summed E-state index contributed by atoms with van der Waals surface area (Å²) in [6, 6.07) is 4.12. The molecule has 0 saturated carbocycles. The largest absolute Gasteiger partial charge is 0.465 e. The van der Waals surface area contributed by atoms with Crippen molar-refractivity contribution in [3.05, 3.63) is 23.7 Å². The van der Waals surface area contributed by atoms with Gasteiger partial charge in [0.2, 0.25) is 5.91 Å². The minimum atomic E-state index is 0.0879. The molecule has 1 amide bonds. The lowest BCUT2D eigenvalue weighted by Gasteiger charge is -2.40. The van der Waals surface area contributed by atoms with Gasteiger partial charge in [-0.2, -0.15) is 0 Å². The van der Waals surface area contributed by atoms with E-state index < -0.39 is 0 Å². The zero-order valence-corrected chi connectivity index (χ0v) is 14.6. The first kappa shape index (κ1) is 16.2. The molecule has 1 aromatic heterocycles. The van der Waals surface area contributed by atoms with E-state index in [2.05, 4.69) is 28.9 Å². The van der Waals surface area contributed by atoms with Crippen molar-refractivity contribution in [2.45, 2.75) is 45.3 Å². The van der Waals surface area contributed by atoms with Crippen LogP contribution < -0.4 is 0 Å².